The lowest BCUT2D eigenvalue weighted by Gasteiger charge is -2.37. The first-order valence-corrected chi connectivity index (χ1v) is 7.10. The van der Waals surface area contributed by atoms with Crippen molar-refractivity contribution in [1.82, 2.24) is 5.32 Å². The first-order valence-electron chi connectivity index (χ1n) is 7.10. The van der Waals surface area contributed by atoms with E-state index in [-0.39, 0.29) is 11.4 Å². The van der Waals surface area contributed by atoms with Gasteiger partial charge in [0.1, 0.15) is 0 Å². The van der Waals surface area contributed by atoms with E-state index in [0.717, 1.165) is 11.5 Å². The van der Waals surface area contributed by atoms with Gasteiger partial charge in [-0.25, -0.2) is 4.39 Å². The van der Waals surface area contributed by atoms with Crippen LogP contribution < -0.4 is 10.1 Å². The van der Waals surface area contributed by atoms with E-state index in [2.05, 4.69) is 19.2 Å². The minimum Gasteiger partial charge on any atom is -0.494 e. The Morgan fingerprint density at radius 3 is 2.63 bits per heavy atom. The summed E-state index contributed by atoms with van der Waals surface area (Å²) < 4.78 is 18.5. The van der Waals surface area contributed by atoms with Gasteiger partial charge in [-0.05, 0) is 56.2 Å². The van der Waals surface area contributed by atoms with Gasteiger partial charge in [0.05, 0.1) is 7.11 Å². The van der Waals surface area contributed by atoms with Crippen LogP contribution >= 0.6 is 0 Å². The molecule has 0 saturated heterocycles. The summed E-state index contributed by atoms with van der Waals surface area (Å²) in [5, 5.41) is 3.59. The third-order valence-electron chi connectivity index (χ3n) is 4.31. The van der Waals surface area contributed by atoms with Gasteiger partial charge in [-0.2, -0.15) is 0 Å². The molecule has 0 radical (unpaired) electrons. The number of methoxy groups -OCH3 is 1. The molecule has 3 heteroatoms. The fourth-order valence-corrected chi connectivity index (χ4v) is 2.71. The fraction of sp³-hybridized carbons (Fsp3) is 0.625. The summed E-state index contributed by atoms with van der Waals surface area (Å²) in [7, 11) is 1.49. The zero-order valence-corrected chi connectivity index (χ0v) is 12.1. The molecular formula is C16H24FNO. The average molecular weight is 265 g/mol. The van der Waals surface area contributed by atoms with Gasteiger partial charge >= 0.3 is 0 Å². The van der Waals surface area contributed by atoms with Crippen LogP contribution in [-0.4, -0.2) is 12.6 Å². The SMILES string of the molecule is COc1ccc(CNC2(C)CCC(C)CC2)cc1F. The smallest absolute Gasteiger partial charge is 0.165 e. The number of rotatable bonds is 4. The zero-order valence-electron chi connectivity index (χ0n) is 12.1. The highest BCUT2D eigenvalue weighted by molar-refractivity contribution is 5.29. The number of hydrogen-bond donors (Lipinski definition) is 1. The van der Waals surface area contributed by atoms with Crippen LogP contribution in [0, 0.1) is 11.7 Å². The van der Waals surface area contributed by atoms with Crippen molar-refractivity contribution in [2.24, 2.45) is 5.92 Å². The number of ether oxygens (including phenoxy) is 1. The highest BCUT2D eigenvalue weighted by Crippen LogP contribution is 2.31. The third kappa shape index (κ3) is 3.69. The summed E-state index contributed by atoms with van der Waals surface area (Å²) in [4.78, 5) is 0. The average Bonchev–Trinajstić information content (AvgIpc) is 2.41. The Morgan fingerprint density at radius 2 is 2.05 bits per heavy atom. The molecule has 19 heavy (non-hydrogen) atoms. The van der Waals surface area contributed by atoms with E-state index in [1.807, 2.05) is 6.07 Å². The molecule has 0 bridgehead atoms. The van der Waals surface area contributed by atoms with E-state index >= 15 is 0 Å². The lowest BCUT2D eigenvalue weighted by molar-refractivity contribution is 0.212. The lowest BCUT2D eigenvalue weighted by Crippen LogP contribution is -2.44. The van der Waals surface area contributed by atoms with E-state index in [0.29, 0.717) is 12.3 Å². The Hall–Kier alpha value is -1.09. The summed E-state index contributed by atoms with van der Waals surface area (Å²) in [5.74, 6) is 0.860. The van der Waals surface area contributed by atoms with E-state index < -0.39 is 0 Å². The highest BCUT2D eigenvalue weighted by Gasteiger charge is 2.28. The standard InChI is InChI=1S/C16H24FNO/c1-12-6-8-16(2,9-7-12)18-11-13-4-5-15(19-3)14(17)10-13/h4-5,10,12,18H,6-9,11H2,1-3H3. The van der Waals surface area contributed by atoms with Gasteiger partial charge in [0.15, 0.2) is 11.6 Å². The van der Waals surface area contributed by atoms with Crippen LogP contribution in [0.3, 0.4) is 0 Å². The largest absolute Gasteiger partial charge is 0.494 e. The molecule has 2 rings (SSSR count). The van der Waals surface area contributed by atoms with Gasteiger partial charge in [0.25, 0.3) is 0 Å². The molecule has 1 aliphatic rings. The van der Waals surface area contributed by atoms with Crippen molar-refractivity contribution in [2.45, 2.75) is 51.6 Å². The van der Waals surface area contributed by atoms with E-state index in [4.69, 9.17) is 4.74 Å². The summed E-state index contributed by atoms with van der Waals surface area (Å²) in [6.07, 6.45) is 4.96. The predicted octanol–water partition coefficient (Wildman–Crippen LogP) is 3.89. The second-order valence-electron chi connectivity index (χ2n) is 6.07. The fourth-order valence-electron chi connectivity index (χ4n) is 2.71. The molecule has 0 aromatic heterocycles. The van der Waals surface area contributed by atoms with E-state index in [1.54, 1.807) is 12.1 Å². The molecule has 1 fully saturated rings. The molecular weight excluding hydrogens is 241 g/mol. The maximum Gasteiger partial charge on any atom is 0.165 e. The van der Waals surface area contributed by atoms with Crippen molar-refractivity contribution in [3.8, 4) is 5.75 Å². The minimum absolute atomic E-state index is 0.197. The number of halogens is 1. The predicted molar refractivity (Wildman–Crippen MR) is 75.8 cm³/mol. The van der Waals surface area contributed by atoms with Crippen LogP contribution in [0.5, 0.6) is 5.75 Å². The Labute approximate surface area is 115 Å². The van der Waals surface area contributed by atoms with Crippen molar-refractivity contribution in [2.75, 3.05) is 7.11 Å². The van der Waals surface area contributed by atoms with Crippen molar-refractivity contribution in [1.29, 1.82) is 0 Å². The summed E-state index contributed by atoms with van der Waals surface area (Å²) >= 11 is 0. The molecule has 0 spiro atoms. The molecule has 1 aromatic rings. The van der Waals surface area contributed by atoms with E-state index in [1.165, 1.54) is 32.8 Å². The van der Waals surface area contributed by atoms with Crippen molar-refractivity contribution >= 4 is 0 Å². The number of benzene rings is 1. The Bertz CT molecular complexity index is 425. The lowest BCUT2D eigenvalue weighted by atomic mass is 9.78. The highest BCUT2D eigenvalue weighted by atomic mass is 19.1. The maximum atomic E-state index is 13.6. The summed E-state index contributed by atoms with van der Waals surface area (Å²) in [5.41, 5.74) is 1.17. The summed E-state index contributed by atoms with van der Waals surface area (Å²) in [6.45, 7) is 5.31. The van der Waals surface area contributed by atoms with Crippen molar-refractivity contribution in [3.63, 3.8) is 0 Å². The van der Waals surface area contributed by atoms with Crippen LogP contribution in [0.25, 0.3) is 0 Å². The molecule has 0 aliphatic heterocycles. The second kappa shape index (κ2) is 5.91. The quantitative estimate of drug-likeness (QED) is 0.891. The van der Waals surface area contributed by atoms with Crippen molar-refractivity contribution < 1.29 is 9.13 Å². The topological polar surface area (TPSA) is 21.3 Å². The van der Waals surface area contributed by atoms with Crippen molar-refractivity contribution in [3.05, 3.63) is 29.6 Å². The molecule has 1 saturated carbocycles. The van der Waals surface area contributed by atoms with Crippen LogP contribution in [0.15, 0.2) is 18.2 Å². The van der Waals surface area contributed by atoms with Crippen LogP contribution in [0.2, 0.25) is 0 Å². The first kappa shape index (κ1) is 14.3. The molecule has 1 N–H and O–H groups in total. The summed E-state index contributed by atoms with van der Waals surface area (Å²) in [6, 6.07) is 5.17. The molecule has 1 aromatic carbocycles. The Balaban J connectivity index is 1.93. The molecule has 1 aliphatic carbocycles. The Morgan fingerprint density at radius 1 is 1.37 bits per heavy atom. The normalized spacial score (nSPS) is 27.3. The molecule has 0 unspecified atom stereocenters. The van der Waals surface area contributed by atoms with Gasteiger partial charge in [0, 0.05) is 12.1 Å². The van der Waals surface area contributed by atoms with Gasteiger partial charge in [-0.3, -0.25) is 0 Å². The molecule has 0 heterocycles. The Kier molecular flexibility index (Phi) is 4.46. The minimum atomic E-state index is -0.288. The van der Waals surface area contributed by atoms with Gasteiger partial charge < -0.3 is 10.1 Å². The molecule has 106 valence electrons. The van der Waals surface area contributed by atoms with E-state index in [9.17, 15) is 4.39 Å². The van der Waals surface area contributed by atoms with Crippen LogP contribution in [0.1, 0.15) is 45.1 Å². The van der Waals surface area contributed by atoms with Crippen LogP contribution in [0.4, 0.5) is 4.39 Å². The van der Waals surface area contributed by atoms with Gasteiger partial charge in [0.2, 0.25) is 0 Å². The molecule has 0 amide bonds. The monoisotopic (exact) mass is 265 g/mol. The maximum absolute atomic E-state index is 13.6. The third-order valence-corrected chi connectivity index (χ3v) is 4.31. The first-order chi connectivity index (χ1) is 9.02. The molecule has 0 atom stereocenters. The number of hydrogen-bond acceptors (Lipinski definition) is 2. The zero-order chi connectivity index (χ0) is 13.9. The van der Waals surface area contributed by atoms with Crippen LogP contribution in [-0.2, 0) is 6.54 Å². The second-order valence-corrected chi connectivity index (χ2v) is 6.07. The van der Waals surface area contributed by atoms with Gasteiger partial charge in [-0.15, -0.1) is 0 Å². The van der Waals surface area contributed by atoms with Gasteiger partial charge in [-0.1, -0.05) is 13.0 Å². The molecule has 2 nitrogen and oxygen atoms in total. The number of nitrogens with one attached hydrogen (secondary N) is 1.